The van der Waals surface area contributed by atoms with Crippen LogP contribution in [0.3, 0.4) is 0 Å². The molecule has 18 heavy (non-hydrogen) atoms. The third-order valence-corrected chi connectivity index (χ3v) is 2.47. The van der Waals surface area contributed by atoms with Gasteiger partial charge in [0.05, 0.1) is 0 Å². The fraction of sp³-hybridized carbons (Fsp3) is 0.182. The molecule has 0 amide bonds. The van der Waals surface area contributed by atoms with Gasteiger partial charge in [0, 0.05) is 36.3 Å². The molecular weight excluding hydrogens is 231 g/mol. The van der Waals surface area contributed by atoms with Crippen LogP contribution in [0, 0.1) is 0 Å². The van der Waals surface area contributed by atoms with Gasteiger partial charge >= 0.3 is 7.69 Å². The van der Waals surface area contributed by atoms with Crippen LogP contribution in [0.4, 0.5) is 5.82 Å². The summed E-state index contributed by atoms with van der Waals surface area (Å²) in [7, 11) is 0. The molecular formula is C11H12BN4O2. The summed E-state index contributed by atoms with van der Waals surface area (Å²) < 4.78 is 0. The molecule has 1 radical (unpaired) electrons. The van der Waals surface area contributed by atoms with Crippen LogP contribution >= 0.6 is 0 Å². The lowest BCUT2D eigenvalue weighted by molar-refractivity contribution is 0.448. The Hall–Kier alpha value is -1.99. The average molecular weight is 243 g/mol. The number of hydrogen-bond acceptors (Lipinski definition) is 6. The average Bonchev–Trinajstić information content (AvgIpc) is 2.88. The second-order valence-corrected chi connectivity index (χ2v) is 3.60. The number of fused-ring (bicyclic) bond motifs is 1. The fourth-order valence-corrected chi connectivity index (χ4v) is 1.69. The molecule has 0 bridgehead atoms. The Morgan fingerprint density at radius 2 is 2.11 bits per heavy atom. The van der Waals surface area contributed by atoms with Crippen molar-refractivity contribution in [1.29, 1.82) is 0 Å². The lowest BCUT2D eigenvalue weighted by Crippen LogP contribution is -1.96. The molecule has 2 aromatic heterocycles. The largest absolute Gasteiger partial charge is 0.482 e. The zero-order chi connectivity index (χ0) is 12.8. The summed E-state index contributed by atoms with van der Waals surface area (Å²) in [4.78, 5) is 12.8. The number of pyridine rings is 1. The summed E-state index contributed by atoms with van der Waals surface area (Å²) in [5.74, 6) is 1.69. The van der Waals surface area contributed by atoms with Crippen molar-refractivity contribution >= 4 is 13.5 Å². The number of rotatable bonds is 1. The Kier molecular flexibility index (Phi) is 4.22. The van der Waals surface area contributed by atoms with E-state index in [2.05, 4.69) is 20.3 Å². The summed E-state index contributed by atoms with van der Waals surface area (Å²) in [6.07, 6.45) is 6.43. The van der Waals surface area contributed by atoms with Crippen LogP contribution in [0.5, 0.6) is 0 Å². The van der Waals surface area contributed by atoms with E-state index < -0.39 is 0 Å². The zero-order valence-electron chi connectivity index (χ0n) is 9.61. The third kappa shape index (κ3) is 2.82. The highest BCUT2D eigenvalue weighted by atomic mass is 16.4. The van der Waals surface area contributed by atoms with Gasteiger partial charge in [0.1, 0.15) is 5.82 Å². The van der Waals surface area contributed by atoms with E-state index in [1.807, 2.05) is 18.3 Å². The van der Waals surface area contributed by atoms with Crippen molar-refractivity contribution in [3.63, 3.8) is 0 Å². The van der Waals surface area contributed by atoms with Crippen LogP contribution in [0.25, 0.3) is 11.4 Å². The molecule has 0 aliphatic carbocycles. The second-order valence-electron chi connectivity index (χ2n) is 3.60. The molecule has 0 atom stereocenters. The van der Waals surface area contributed by atoms with Gasteiger partial charge in [0.2, 0.25) is 0 Å². The first-order valence-corrected chi connectivity index (χ1v) is 5.45. The van der Waals surface area contributed by atoms with Gasteiger partial charge in [0.25, 0.3) is 0 Å². The third-order valence-electron chi connectivity index (χ3n) is 2.47. The zero-order valence-corrected chi connectivity index (χ0v) is 9.61. The van der Waals surface area contributed by atoms with E-state index in [9.17, 15) is 0 Å². The molecule has 0 saturated heterocycles. The van der Waals surface area contributed by atoms with Crippen LogP contribution in [0.15, 0.2) is 30.7 Å². The number of nitrogens with zero attached hydrogens (tertiary/aromatic N) is 3. The molecule has 3 N–H and O–H groups in total. The number of aromatic nitrogens is 3. The summed E-state index contributed by atoms with van der Waals surface area (Å²) in [5, 5.41) is 17.2. The minimum atomic E-state index is 0. The Balaban J connectivity index is 0.000000367. The fourth-order valence-electron chi connectivity index (χ4n) is 1.69. The van der Waals surface area contributed by atoms with Crippen LogP contribution < -0.4 is 5.32 Å². The maximum absolute atomic E-state index is 7.00. The van der Waals surface area contributed by atoms with Gasteiger partial charge in [-0.05, 0) is 18.6 Å². The number of anilines is 1. The van der Waals surface area contributed by atoms with E-state index in [4.69, 9.17) is 10.0 Å². The molecule has 3 rings (SSSR count). The molecule has 0 fully saturated rings. The molecule has 1 aliphatic heterocycles. The SMILES string of the molecule is O[B]O.c1cncc(-c2ncc3c(n2)NCC3)c1. The minimum absolute atomic E-state index is 0. The van der Waals surface area contributed by atoms with E-state index in [-0.39, 0.29) is 7.69 Å². The van der Waals surface area contributed by atoms with Gasteiger partial charge in [-0.2, -0.15) is 0 Å². The van der Waals surface area contributed by atoms with Gasteiger partial charge in [-0.3, -0.25) is 4.98 Å². The van der Waals surface area contributed by atoms with Crippen molar-refractivity contribution < 1.29 is 10.0 Å². The lowest BCUT2D eigenvalue weighted by Gasteiger charge is -2.02. The van der Waals surface area contributed by atoms with Crippen molar-refractivity contribution in [1.82, 2.24) is 15.0 Å². The van der Waals surface area contributed by atoms with Crippen LogP contribution in [-0.4, -0.2) is 39.2 Å². The first-order chi connectivity index (χ1) is 8.85. The molecule has 6 nitrogen and oxygen atoms in total. The topological polar surface area (TPSA) is 91.2 Å². The molecule has 7 heteroatoms. The first-order valence-electron chi connectivity index (χ1n) is 5.45. The highest BCUT2D eigenvalue weighted by Crippen LogP contribution is 2.21. The van der Waals surface area contributed by atoms with Crippen molar-refractivity contribution in [2.45, 2.75) is 6.42 Å². The quantitative estimate of drug-likeness (QED) is 0.611. The van der Waals surface area contributed by atoms with Gasteiger partial charge in [-0.1, -0.05) is 0 Å². The number of hydrogen-bond donors (Lipinski definition) is 3. The summed E-state index contributed by atoms with van der Waals surface area (Å²) in [5.41, 5.74) is 2.15. The summed E-state index contributed by atoms with van der Waals surface area (Å²) in [6.45, 7) is 0.959. The second kappa shape index (κ2) is 6.09. The highest BCUT2D eigenvalue weighted by Gasteiger charge is 2.13. The van der Waals surface area contributed by atoms with Gasteiger partial charge in [-0.25, -0.2) is 9.97 Å². The minimum Gasteiger partial charge on any atom is -0.429 e. The highest BCUT2D eigenvalue weighted by molar-refractivity contribution is 6.13. The standard InChI is InChI=1S/C11H10N4.BH2O2/c1-2-8(6-12-4-1)11-14-7-9-3-5-13-10(9)15-11;2-1-3/h1-2,4,6-7H,3,5H2,(H,13,14,15);2-3H. The Labute approximate surface area is 105 Å². The molecule has 2 aromatic rings. The monoisotopic (exact) mass is 243 g/mol. The van der Waals surface area contributed by atoms with Crippen LogP contribution in [0.1, 0.15) is 5.56 Å². The predicted octanol–water partition coefficient (Wildman–Crippen LogP) is 0.0118. The number of nitrogens with one attached hydrogen (secondary N) is 1. The molecule has 0 aromatic carbocycles. The molecule has 3 heterocycles. The van der Waals surface area contributed by atoms with E-state index in [0.29, 0.717) is 0 Å². The maximum Gasteiger partial charge on any atom is 0.482 e. The Morgan fingerprint density at radius 3 is 2.83 bits per heavy atom. The lowest BCUT2D eigenvalue weighted by atomic mass is 10.2. The first kappa shape index (κ1) is 12.5. The Bertz CT molecular complexity index is 510. The smallest absolute Gasteiger partial charge is 0.429 e. The molecule has 0 saturated carbocycles. The van der Waals surface area contributed by atoms with Gasteiger partial charge < -0.3 is 15.4 Å². The van der Waals surface area contributed by atoms with E-state index >= 15 is 0 Å². The predicted molar refractivity (Wildman–Crippen MR) is 67.6 cm³/mol. The molecule has 0 spiro atoms. The van der Waals surface area contributed by atoms with Crippen LogP contribution in [0.2, 0.25) is 0 Å². The van der Waals surface area contributed by atoms with Gasteiger partial charge in [0.15, 0.2) is 5.82 Å². The molecule has 0 unspecified atom stereocenters. The maximum atomic E-state index is 7.00. The van der Waals surface area contributed by atoms with Crippen LogP contribution in [-0.2, 0) is 6.42 Å². The Morgan fingerprint density at radius 1 is 1.28 bits per heavy atom. The van der Waals surface area contributed by atoms with Crippen molar-refractivity contribution in [2.24, 2.45) is 0 Å². The van der Waals surface area contributed by atoms with Crippen molar-refractivity contribution in [3.05, 3.63) is 36.3 Å². The van der Waals surface area contributed by atoms with E-state index in [1.165, 1.54) is 5.56 Å². The van der Waals surface area contributed by atoms with E-state index in [1.54, 1.807) is 12.4 Å². The summed E-state index contributed by atoms with van der Waals surface area (Å²) in [6, 6.07) is 3.85. The molecule has 91 valence electrons. The van der Waals surface area contributed by atoms with E-state index in [0.717, 1.165) is 30.2 Å². The van der Waals surface area contributed by atoms with Gasteiger partial charge in [-0.15, -0.1) is 0 Å². The van der Waals surface area contributed by atoms with Crippen molar-refractivity contribution in [2.75, 3.05) is 11.9 Å². The van der Waals surface area contributed by atoms with Crippen molar-refractivity contribution in [3.8, 4) is 11.4 Å². The normalized spacial score (nSPS) is 11.9. The molecule has 1 aliphatic rings. The summed E-state index contributed by atoms with van der Waals surface area (Å²) >= 11 is 0.